The molecular weight excluding hydrogens is 436 g/mol. The second kappa shape index (κ2) is 16.8. The van der Waals surface area contributed by atoms with Gasteiger partial charge in [-0.1, -0.05) is 102 Å². The molecule has 6 atom stereocenters. The van der Waals surface area contributed by atoms with Crippen molar-refractivity contribution in [3.05, 3.63) is 0 Å². The molecule has 4 N–H and O–H groups in total. The van der Waals surface area contributed by atoms with Crippen LogP contribution >= 0.6 is 0 Å². The molecule has 2 heteroatoms. The second-order valence-corrected chi connectivity index (χ2v) is 13.1. The Labute approximate surface area is 229 Å². The lowest BCUT2D eigenvalue weighted by molar-refractivity contribution is -0.112. The Balaban J connectivity index is 0.00000190. The molecule has 3 fully saturated rings. The van der Waals surface area contributed by atoms with Crippen molar-refractivity contribution in [2.45, 2.75) is 166 Å². The summed E-state index contributed by atoms with van der Waals surface area (Å²) >= 11 is 0. The highest BCUT2D eigenvalue weighted by atomic mass is 14.7. The minimum absolute atomic E-state index is 0.469. The number of hydrogen-bond donors (Lipinski definition) is 2. The summed E-state index contributed by atoms with van der Waals surface area (Å²) in [5, 5.41) is 0. The first-order valence-corrected chi connectivity index (χ1v) is 16.4. The van der Waals surface area contributed by atoms with Gasteiger partial charge in [-0.2, -0.15) is 0 Å². The van der Waals surface area contributed by atoms with Crippen LogP contribution in [0.1, 0.15) is 160 Å². The van der Waals surface area contributed by atoms with Crippen molar-refractivity contribution in [3.63, 3.8) is 0 Å². The van der Waals surface area contributed by atoms with Gasteiger partial charge in [-0.25, -0.2) is 0 Å². The van der Waals surface area contributed by atoms with Gasteiger partial charge in [0.05, 0.1) is 0 Å². The fourth-order valence-corrected chi connectivity index (χ4v) is 9.08. The normalized spacial score (nSPS) is 38.4. The van der Waals surface area contributed by atoms with Crippen LogP contribution in [0.3, 0.4) is 0 Å². The van der Waals surface area contributed by atoms with Crippen molar-refractivity contribution in [3.8, 4) is 0 Å². The van der Waals surface area contributed by atoms with Crippen LogP contribution in [0.4, 0.5) is 0 Å². The summed E-state index contributed by atoms with van der Waals surface area (Å²) < 4.78 is 0. The molecule has 0 bridgehead atoms. The fraction of sp³-hybridized carbons (Fsp3) is 1.00. The molecule has 3 saturated carbocycles. The van der Waals surface area contributed by atoms with E-state index in [1.165, 1.54) is 90.5 Å². The molecule has 0 aromatic carbocycles. The van der Waals surface area contributed by atoms with Crippen molar-refractivity contribution in [2.75, 3.05) is 7.05 Å². The molecule has 2 nitrogen and oxygen atoms in total. The van der Waals surface area contributed by atoms with E-state index in [0.717, 1.165) is 29.6 Å². The van der Waals surface area contributed by atoms with E-state index in [2.05, 4.69) is 54.2 Å². The van der Waals surface area contributed by atoms with Crippen LogP contribution in [0, 0.1) is 45.8 Å². The van der Waals surface area contributed by atoms with Gasteiger partial charge in [0, 0.05) is 6.04 Å². The molecule has 0 aliphatic heterocycles. The number of nitrogens with two attached hydrogens (primary N) is 2. The monoisotopic (exact) mass is 509 g/mol. The molecule has 0 radical (unpaired) electrons. The lowest BCUT2D eigenvalue weighted by atomic mass is 9.44. The van der Waals surface area contributed by atoms with Crippen LogP contribution in [-0.2, 0) is 0 Å². The number of rotatable bonds is 8. The zero-order valence-electron chi connectivity index (χ0n) is 27.3. The van der Waals surface area contributed by atoms with Gasteiger partial charge in [0.15, 0.2) is 0 Å². The molecule has 0 amide bonds. The van der Waals surface area contributed by atoms with E-state index >= 15 is 0 Å². The Morgan fingerprint density at radius 3 is 1.78 bits per heavy atom. The van der Waals surface area contributed by atoms with Gasteiger partial charge in [-0.05, 0) is 111 Å². The second-order valence-electron chi connectivity index (χ2n) is 13.1. The third-order valence-electron chi connectivity index (χ3n) is 11.6. The molecule has 0 spiro atoms. The molecule has 0 heterocycles. The quantitative estimate of drug-likeness (QED) is 0.342. The highest BCUT2D eigenvalue weighted by Gasteiger charge is 2.62. The molecule has 3 aliphatic rings. The van der Waals surface area contributed by atoms with E-state index in [1.54, 1.807) is 0 Å². The predicted molar refractivity (Wildman–Crippen MR) is 165 cm³/mol. The molecular formula is C34H72N2. The van der Waals surface area contributed by atoms with E-state index in [-0.39, 0.29) is 0 Å². The van der Waals surface area contributed by atoms with Crippen molar-refractivity contribution < 1.29 is 0 Å². The van der Waals surface area contributed by atoms with Crippen molar-refractivity contribution >= 4 is 0 Å². The first kappa shape index (κ1) is 35.9. The Bertz CT molecular complexity index is 549. The van der Waals surface area contributed by atoms with E-state index in [0.29, 0.717) is 22.3 Å². The molecule has 0 aromatic heterocycles. The summed E-state index contributed by atoms with van der Waals surface area (Å²) in [6.07, 6.45) is 18.4. The zero-order chi connectivity index (χ0) is 28.2. The van der Waals surface area contributed by atoms with Crippen LogP contribution in [0.2, 0.25) is 0 Å². The number of hydrogen-bond acceptors (Lipinski definition) is 2. The maximum absolute atomic E-state index is 6.30. The minimum atomic E-state index is 0.469. The lowest BCUT2D eigenvalue weighted by Crippen LogP contribution is -2.53. The molecule has 218 valence electrons. The van der Waals surface area contributed by atoms with Crippen LogP contribution in [0.15, 0.2) is 0 Å². The molecule has 0 saturated heterocycles. The summed E-state index contributed by atoms with van der Waals surface area (Å²) in [6, 6.07) is 0.469. The topological polar surface area (TPSA) is 52.0 Å². The maximum atomic E-state index is 6.30. The zero-order valence-corrected chi connectivity index (χ0v) is 27.3. The van der Waals surface area contributed by atoms with Crippen molar-refractivity contribution in [1.82, 2.24) is 0 Å². The lowest BCUT2D eigenvalue weighted by Gasteiger charge is -2.60. The Kier molecular flexibility index (Phi) is 16.8. The van der Waals surface area contributed by atoms with Gasteiger partial charge in [-0.3, -0.25) is 0 Å². The summed E-state index contributed by atoms with van der Waals surface area (Å²) in [4.78, 5) is 0. The standard InChI is InChI=1S/C29H55N.2C2H6.CH5N/c1-8-22(21(3)4)11-10-12-23-13-19-29(7)25(9-2)26(16-20-28(23,29)6)27(5)17-14-24(30)15-18-27;3*1-2/h21-26H,8-20,30H2,1-7H3;2*1-2H3;2H2,1H3. The third-order valence-corrected chi connectivity index (χ3v) is 11.6. The summed E-state index contributed by atoms with van der Waals surface area (Å²) in [6.45, 7) is 25.8. The average Bonchev–Trinajstić information content (AvgIpc) is 3.16. The highest BCUT2D eigenvalue weighted by molar-refractivity contribution is 5.11. The van der Waals surface area contributed by atoms with E-state index < -0.39 is 0 Å². The maximum Gasteiger partial charge on any atom is 0.00392 e. The largest absolute Gasteiger partial charge is 0.333 e. The third kappa shape index (κ3) is 7.74. The Hall–Kier alpha value is -0.0800. The van der Waals surface area contributed by atoms with Gasteiger partial charge in [0.1, 0.15) is 0 Å². The van der Waals surface area contributed by atoms with Gasteiger partial charge in [-0.15, -0.1) is 0 Å². The minimum Gasteiger partial charge on any atom is -0.333 e. The fourth-order valence-electron chi connectivity index (χ4n) is 9.08. The first-order chi connectivity index (χ1) is 17.1. The predicted octanol–water partition coefficient (Wildman–Crippen LogP) is 10.2. The summed E-state index contributed by atoms with van der Waals surface area (Å²) in [7, 11) is 1.50. The smallest absolute Gasteiger partial charge is 0.00392 e. The first-order valence-electron chi connectivity index (χ1n) is 16.4. The van der Waals surface area contributed by atoms with Gasteiger partial charge in [0.2, 0.25) is 0 Å². The SMILES string of the molecule is CC.CC.CCC(CCCC1CCC2(C)C(CC)C(C3(C)CCC(N)CC3)CCC12C)C(C)C.CN. The van der Waals surface area contributed by atoms with Crippen LogP contribution in [0.5, 0.6) is 0 Å². The van der Waals surface area contributed by atoms with E-state index in [4.69, 9.17) is 5.73 Å². The van der Waals surface area contributed by atoms with Crippen LogP contribution in [-0.4, -0.2) is 13.1 Å². The molecule has 3 aliphatic carbocycles. The molecule has 36 heavy (non-hydrogen) atoms. The molecule has 6 unspecified atom stereocenters. The van der Waals surface area contributed by atoms with Gasteiger partial charge in [0.25, 0.3) is 0 Å². The highest BCUT2D eigenvalue weighted by Crippen LogP contribution is 2.70. The van der Waals surface area contributed by atoms with Crippen molar-refractivity contribution in [1.29, 1.82) is 0 Å². The summed E-state index contributed by atoms with van der Waals surface area (Å²) in [5.41, 5.74) is 12.5. The Morgan fingerprint density at radius 1 is 0.778 bits per heavy atom. The van der Waals surface area contributed by atoms with Crippen molar-refractivity contribution in [2.24, 2.45) is 57.3 Å². The molecule has 3 rings (SSSR count). The number of fused-ring (bicyclic) bond motifs is 1. The van der Waals surface area contributed by atoms with Crippen LogP contribution < -0.4 is 11.5 Å². The average molecular weight is 509 g/mol. The summed E-state index contributed by atoms with van der Waals surface area (Å²) in [5.74, 6) is 4.60. The van der Waals surface area contributed by atoms with Gasteiger partial charge >= 0.3 is 0 Å². The van der Waals surface area contributed by atoms with Crippen LogP contribution in [0.25, 0.3) is 0 Å². The van der Waals surface area contributed by atoms with Gasteiger partial charge < -0.3 is 11.5 Å². The van der Waals surface area contributed by atoms with E-state index in [9.17, 15) is 0 Å². The van der Waals surface area contributed by atoms with E-state index in [1.807, 2.05) is 27.7 Å². The Morgan fingerprint density at radius 2 is 1.31 bits per heavy atom. The molecule has 0 aromatic rings.